The van der Waals surface area contributed by atoms with Crippen LogP contribution in [0.5, 0.6) is 0 Å². The molecule has 0 radical (unpaired) electrons. The van der Waals surface area contributed by atoms with Crippen LogP contribution >= 0.6 is 0 Å². The lowest BCUT2D eigenvalue weighted by atomic mass is 10.1. The first-order valence-corrected chi connectivity index (χ1v) is 9.06. The number of nitrogens with zero attached hydrogens (tertiary/aromatic N) is 7. The lowest BCUT2D eigenvalue weighted by molar-refractivity contribution is 0.660. The van der Waals surface area contributed by atoms with Crippen molar-refractivity contribution in [3.05, 3.63) is 60.7 Å². The largest absolute Gasteiger partial charge is 0.272 e. The van der Waals surface area contributed by atoms with Crippen LogP contribution in [0.15, 0.2) is 60.2 Å². The molecule has 0 aliphatic rings. The highest BCUT2D eigenvalue weighted by Gasteiger charge is 2.05. The number of hydrazone groups is 1. The maximum atomic E-state index is 4.36. The first-order valence-electron chi connectivity index (χ1n) is 9.06. The van der Waals surface area contributed by atoms with Crippen molar-refractivity contribution in [3.63, 3.8) is 0 Å². The molecule has 28 heavy (non-hydrogen) atoms. The van der Waals surface area contributed by atoms with Crippen molar-refractivity contribution in [1.82, 2.24) is 29.9 Å². The van der Waals surface area contributed by atoms with Gasteiger partial charge in [0.1, 0.15) is 5.69 Å². The van der Waals surface area contributed by atoms with Crippen molar-refractivity contribution in [2.75, 3.05) is 5.43 Å². The number of hydrogen-bond acceptors (Lipinski definition) is 7. The van der Waals surface area contributed by atoms with Gasteiger partial charge < -0.3 is 0 Å². The standard InChI is InChI=1S/C20H20N8/c1-3-28-13-17(11-23-28)19-12-22-20(27-25-19)26-24-14(2)9-15-6-7-18-16(10-15)5-4-8-21-18/h4-8,10-13H,3,9H2,1-2H3,(H,22,26,27)/b24-14+. The Morgan fingerprint density at radius 1 is 1.14 bits per heavy atom. The molecule has 140 valence electrons. The molecule has 8 nitrogen and oxygen atoms in total. The normalized spacial score (nSPS) is 11.7. The van der Waals surface area contributed by atoms with Crippen molar-refractivity contribution in [1.29, 1.82) is 0 Å². The maximum absolute atomic E-state index is 4.36. The zero-order valence-electron chi connectivity index (χ0n) is 15.7. The maximum Gasteiger partial charge on any atom is 0.263 e. The number of fused-ring (bicyclic) bond motifs is 1. The number of rotatable bonds is 6. The highest BCUT2D eigenvalue weighted by molar-refractivity contribution is 5.86. The number of hydrogen-bond donors (Lipinski definition) is 1. The van der Waals surface area contributed by atoms with Crippen LogP contribution in [0.4, 0.5) is 5.95 Å². The third-order valence-electron chi connectivity index (χ3n) is 4.29. The third-order valence-corrected chi connectivity index (χ3v) is 4.29. The second-order valence-corrected chi connectivity index (χ2v) is 6.42. The molecule has 0 bridgehead atoms. The van der Waals surface area contributed by atoms with Crippen molar-refractivity contribution < 1.29 is 0 Å². The minimum absolute atomic E-state index is 0.355. The molecule has 0 unspecified atom stereocenters. The van der Waals surface area contributed by atoms with E-state index in [4.69, 9.17) is 0 Å². The smallest absolute Gasteiger partial charge is 0.263 e. The van der Waals surface area contributed by atoms with Gasteiger partial charge in [-0.3, -0.25) is 9.67 Å². The predicted molar refractivity (Wildman–Crippen MR) is 109 cm³/mol. The van der Waals surface area contributed by atoms with Gasteiger partial charge in [0, 0.05) is 42.0 Å². The Kier molecular flexibility index (Phi) is 5.01. The van der Waals surface area contributed by atoms with Crippen LogP contribution in [0, 0.1) is 0 Å². The fourth-order valence-corrected chi connectivity index (χ4v) is 2.84. The predicted octanol–water partition coefficient (Wildman–Crippen LogP) is 3.33. The summed E-state index contributed by atoms with van der Waals surface area (Å²) in [6, 6.07) is 10.2. The van der Waals surface area contributed by atoms with Crippen LogP contribution in [0.3, 0.4) is 0 Å². The van der Waals surface area contributed by atoms with Crippen LogP contribution < -0.4 is 5.43 Å². The first-order chi connectivity index (χ1) is 13.7. The summed E-state index contributed by atoms with van der Waals surface area (Å²) < 4.78 is 1.83. The average Bonchev–Trinajstić information content (AvgIpc) is 3.22. The highest BCUT2D eigenvalue weighted by atomic mass is 15.4. The molecule has 4 rings (SSSR count). The Morgan fingerprint density at radius 2 is 2.07 bits per heavy atom. The molecular weight excluding hydrogens is 352 g/mol. The molecule has 4 aromatic rings. The van der Waals surface area contributed by atoms with Crippen molar-refractivity contribution in [3.8, 4) is 11.3 Å². The summed E-state index contributed by atoms with van der Waals surface area (Å²) in [4.78, 5) is 8.61. The van der Waals surface area contributed by atoms with E-state index < -0.39 is 0 Å². The molecule has 0 saturated heterocycles. The van der Waals surface area contributed by atoms with Gasteiger partial charge in [-0.15, -0.1) is 10.2 Å². The van der Waals surface area contributed by atoms with Gasteiger partial charge in [-0.05, 0) is 37.6 Å². The second-order valence-electron chi connectivity index (χ2n) is 6.42. The van der Waals surface area contributed by atoms with Crippen LogP contribution in [0.2, 0.25) is 0 Å². The molecule has 0 spiro atoms. The van der Waals surface area contributed by atoms with Gasteiger partial charge >= 0.3 is 0 Å². The fourth-order valence-electron chi connectivity index (χ4n) is 2.84. The van der Waals surface area contributed by atoms with E-state index in [1.54, 1.807) is 18.6 Å². The van der Waals surface area contributed by atoms with E-state index in [2.05, 4.69) is 54.0 Å². The number of anilines is 1. The van der Waals surface area contributed by atoms with E-state index in [-0.39, 0.29) is 0 Å². The second kappa shape index (κ2) is 7.91. The zero-order chi connectivity index (χ0) is 19.3. The van der Waals surface area contributed by atoms with Gasteiger partial charge in [0.05, 0.1) is 17.9 Å². The lowest BCUT2D eigenvalue weighted by Crippen LogP contribution is -2.04. The van der Waals surface area contributed by atoms with Crippen molar-refractivity contribution >= 4 is 22.6 Å². The average molecular weight is 372 g/mol. The Balaban J connectivity index is 1.41. The van der Waals surface area contributed by atoms with Crippen LogP contribution in [0.25, 0.3) is 22.2 Å². The Bertz CT molecular complexity index is 1110. The van der Waals surface area contributed by atoms with Crippen LogP contribution in [-0.4, -0.2) is 35.7 Å². The quantitative estimate of drug-likeness (QED) is 0.412. The lowest BCUT2D eigenvalue weighted by Gasteiger charge is -2.04. The topological polar surface area (TPSA) is 93.8 Å². The number of benzene rings is 1. The molecule has 0 aliphatic heterocycles. The summed E-state index contributed by atoms with van der Waals surface area (Å²) in [6.45, 7) is 4.80. The highest BCUT2D eigenvalue weighted by Crippen LogP contribution is 2.15. The molecule has 0 fully saturated rings. The number of nitrogens with one attached hydrogen (secondary N) is 1. The van der Waals surface area contributed by atoms with Crippen molar-refractivity contribution in [2.45, 2.75) is 26.8 Å². The van der Waals surface area contributed by atoms with E-state index in [1.165, 1.54) is 5.56 Å². The zero-order valence-corrected chi connectivity index (χ0v) is 15.7. The molecule has 0 atom stereocenters. The molecule has 8 heteroatoms. The Morgan fingerprint density at radius 3 is 2.86 bits per heavy atom. The number of aromatic nitrogens is 6. The Labute approximate surface area is 162 Å². The monoisotopic (exact) mass is 372 g/mol. The Hall–Kier alpha value is -3.68. The summed E-state index contributed by atoms with van der Waals surface area (Å²) in [5.74, 6) is 0.355. The molecule has 3 heterocycles. The molecule has 0 aliphatic carbocycles. The SMILES string of the molecule is CCn1cc(-c2cnc(N/N=C(\C)Cc3ccc4ncccc4c3)nn2)cn1. The molecule has 1 aromatic carbocycles. The van der Waals surface area contributed by atoms with Gasteiger partial charge in [0.15, 0.2) is 0 Å². The number of aryl methyl sites for hydroxylation is 1. The summed E-state index contributed by atoms with van der Waals surface area (Å²) in [5, 5.41) is 18.0. The van der Waals surface area contributed by atoms with E-state index in [0.29, 0.717) is 11.6 Å². The molecule has 0 saturated carbocycles. The fraction of sp³-hybridized carbons (Fsp3) is 0.200. The summed E-state index contributed by atoms with van der Waals surface area (Å²) >= 11 is 0. The van der Waals surface area contributed by atoms with E-state index in [0.717, 1.165) is 35.1 Å². The summed E-state index contributed by atoms with van der Waals surface area (Å²) in [7, 11) is 0. The van der Waals surface area contributed by atoms with E-state index >= 15 is 0 Å². The molecule has 1 N–H and O–H groups in total. The summed E-state index contributed by atoms with van der Waals surface area (Å²) in [5.41, 5.74) is 7.51. The first kappa shape index (κ1) is 17.7. The van der Waals surface area contributed by atoms with Gasteiger partial charge in [0.2, 0.25) is 0 Å². The van der Waals surface area contributed by atoms with Gasteiger partial charge in [0.25, 0.3) is 5.95 Å². The van der Waals surface area contributed by atoms with Crippen LogP contribution in [0.1, 0.15) is 19.4 Å². The van der Waals surface area contributed by atoms with E-state index in [1.807, 2.05) is 36.9 Å². The minimum Gasteiger partial charge on any atom is -0.272 e. The van der Waals surface area contributed by atoms with E-state index in [9.17, 15) is 0 Å². The summed E-state index contributed by atoms with van der Waals surface area (Å²) in [6.07, 6.45) is 7.85. The number of pyridine rings is 1. The van der Waals surface area contributed by atoms with Crippen molar-refractivity contribution in [2.24, 2.45) is 5.10 Å². The minimum atomic E-state index is 0.355. The van der Waals surface area contributed by atoms with Gasteiger partial charge in [-0.25, -0.2) is 10.4 Å². The van der Waals surface area contributed by atoms with Gasteiger partial charge in [-0.2, -0.15) is 10.2 Å². The van der Waals surface area contributed by atoms with Gasteiger partial charge in [-0.1, -0.05) is 12.1 Å². The van der Waals surface area contributed by atoms with Crippen LogP contribution in [-0.2, 0) is 13.0 Å². The molecule has 3 aromatic heterocycles. The third kappa shape index (κ3) is 4.01. The molecule has 0 amide bonds. The molecular formula is C20H20N8.